The van der Waals surface area contributed by atoms with Gasteiger partial charge in [0.1, 0.15) is 51.2 Å². The Hall–Kier alpha value is -1.10. The van der Waals surface area contributed by atoms with E-state index >= 15 is 0 Å². The zero-order valence-corrected chi connectivity index (χ0v) is 14.5. The number of likely N-dealkylation sites (N-methyl/N-ethyl adjacent to an activating group) is 1. The second kappa shape index (κ2) is 7.95. The van der Waals surface area contributed by atoms with E-state index in [-0.39, 0.29) is 0 Å². The van der Waals surface area contributed by atoms with Gasteiger partial charge in [0.15, 0.2) is 0 Å². The summed E-state index contributed by atoms with van der Waals surface area (Å²) in [7, 11) is 2.24. The first-order valence-corrected chi connectivity index (χ1v) is 8.52. The Morgan fingerprint density at radius 3 is 2.45 bits per heavy atom. The minimum Gasteiger partial charge on any atom is -0.491 e. The van der Waals surface area contributed by atoms with Gasteiger partial charge in [-0.25, -0.2) is 0 Å². The monoisotopic (exact) mass is 308 g/mol. The zero-order chi connectivity index (χ0) is 16.1. The molecule has 4 nitrogen and oxygen atoms in total. The fourth-order valence-electron chi connectivity index (χ4n) is 3.20. The normalized spacial score (nSPS) is 23.5. The molecule has 0 spiro atoms. The van der Waals surface area contributed by atoms with Crippen LogP contribution in [0.5, 0.6) is 5.75 Å². The molecule has 1 aliphatic rings. The van der Waals surface area contributed by atoms with Gasteiger partial charge in [-0.1, -0.05) is 19.9 Å². The van der Waals surface area contributed by atoms with Gasteiger partial charge >= 0.3 is 0 Å². The predicted molar refractivity (Wildman–Crippen MR) is 89.0 cm³/mol. The molecule has 1 aromatic rings. The largest absolute Gasteiger partial charge is 0.491 e. The predicted octanol–water partition coefficient (Wildman–Crippen LogP) is -0.729. The number of benzene rings is 1. The molecular weight excluding hydrogens is 276 g/mol. The number of aliphatic hydroxyl groups excluding tert-OH is 1. The Morgan fingerprint density at radius 2 is 1.86 bits per heavy atom. The van der Waals surface area contributed by atoms with Crippen molar-refractivity contribution < 1.29 is 19.6 Å². The van der Waals surface area contributed by atoms with Crippen LogP contribution in [0.15, 0.2) is 18.2 Å². The lowest BCUT2D eigenvalue weighted by molar-refractivity contribution is -1.00. The summed E-state index contributed by atoms with van der Waals surface area (Å²) in [5, 5.41) is 10.2. The lowest BCUT2D eigenvalue weighted by Gasteiger charge is -2.28. The lowest BCUT2D eigenvalue weighted by atomic mass is 9.98. The first-order chi connectivity index (χ1) is 10.5. The number of rotatable bonds is 6. The molecule has 1 atom stereocenters. The molecule has 0 aliphatic carbocycles. The van der Waals surface area contributed by atoms with Crippen molar-refractivity contribution in [2.45, 2.75) is 32.8 Å². The van der Waals surface area contributed by atoms with Crippen LogP contribution in [0, 0.1) is 6.92 Å². The van der Waals surface area contributed by atoms with Crippen molar-refractivity contribution in [2.75, 3.05) is 46.4 Å². The van der Waals surface area contributed by atoms with Crippen LogP contribution in [-0.2, 0) is 0 Å². The number of hydrogen-bond donors (Lipinski definition) is 3. The average Bonchev–Trinajstić information content (AvgIpc) is 2.47. The smallest absolute Gasteiger partial charge is 0.137 e. The molecule has 0 radical (unpaired) electrons. The highest BCUT2D eigenvalue weighted by Crippen LogP contribution is 2.23. The van der Waals surface area contributed by atoms with Crippen LogP contribution in [0.1, 0.15) is 30.9 Å². The standard InChI is InChI=1S/C18H30N2O2/c1-14(2)18-6-5-17(11-15(18)3)22-13-16(21)12-20-9-7-19(4)8-10-20/h5-6,11,14,16,21H,7-10,12-13H2,1-4H3/p+2/t16-/m0/s1. The van der Waals surface area contributed by atoms with Gasteiger partial charge in [-0.15, -0.1) is 0 Å². The first-order valence-electron chi connectivity index (χ1n) is 8.52. The molecule has 0 aromatic heterocycles. The maximum atomic E-state index is 10.2. The maximum absolute atomic E-state index is 10.2. The van der Waals surface area contributed by atoms with Crippen molar-refractivity contribution >= 4 is 0 Å². The van der Waals surface area contributed by atoms with Crippen LogP contribution in [0.2, 0.25) is 0 Å². The van der Waals surface area contributed by atoms with Gasteiger partial charge in [-0.05, 0) is 36.1 Å². The third-order valence-electron chi connectivity index (χ3n) is 4.64. The van der Waals surface area contributed by atoms with Gasteiger partial charge in [0.25, 0.3) is 0 Å². The summed E-state index contributed by atoms with van der Waals surface area (Å²) in [5.41, 5.74) is 2.62. The third-order valence-corrected chi connectivity index (χ3v) is 4.64. The van der Waals surface area contributed by atoms with Gasteiger partial charge < -0.3 is 19.6 Å². The molecule has 22 heavy (non-hydrogen) atoms. The van der Waals surface area contributed by atoms with Crippen molar-refractivity contribution in [3.05, 3.63) is 29.3 Å². The lowest BCUT2D eigenvalue weighted by Crippen LogP contribution is -3.27. The molecule has 1 saturated heterocycles. The summed E-state index contributed by atoms with van der Waals surface area (Å²) in [4.78, 5) is 3.09. The summed E-state index contributed by atoms with van der Waals surface area (Å²) in [6.07, 6.45) is -0.390. The summed E-state index contributed by atoms with van der Waals surface area (Å²) in [6.45, 7) is 12.4. The van der Waals surface area contributed by atoms with Crippen LogP contribution < -0.4 is 14.5 Å². The summed E-state index contributed by atoms with van der Waals surface area (Å²) < 4.78 is 5.78. The van der Waals surface area contributed by atoms with E-state index in [2.05, 4.69) is 40.0 Å². The number of aryl methyl sites for hydroxylation is 1. The Kier molecular flexibility index (Phi) is 6.24. The molecule has 1 aromatic carbocycles. The van der Waals surface area contributed by atoms with E-state index in [0.29, 0.717) is 12.5 Å². The van der Waals surface area contributed by atoms with E-state index < -0.39 is 6.10 Å². The number of quaternary nitrogens is 2. The highest BCUT2D eigenvalue weighted by atomic mass is 16.5. The second-order valence-corrected chi connectivity index (χ2v) is 7.05. The number of aliphatic hydroxyl groups is 1. The average molecular weight is 308 g/mol. The Labute approximate surface area is 134 Å². The van der Waals surface area contributed by atoms with Crippen molar-refractivity contribution in [3.8, 4) is 5.75 Å². The van der Waals surface area contributed by atoms with Gasteiger partial charge in [0.05, 0.1) is 7.05 Å². The summed E-state index contributed by atoms with van der Waals surface area (Å²) >= 11 is 0. The number of piperazine rings is 1. The molecule has 4 heteroatoms. The van der Waals surface area contributed by atoms with Crippen LogP contribution in [-0.4, -0.2) is 57.6 Å². The van der Waals surface area contributed by atoms with Crippen LogP contribution >= 0.6 is 0 Å². The van der Waals surface area contributed by atoms with E-state index in [1.807, 2.05) is 6.07 Å². The van der Waals surface area contributed by atoms with Crippen LogP contribution in [0.25, 0.3) is 0 Å². The fourth-order valence-corrected chi connectivity index (χ4v) is 3.20. The van der Waals surface area contributed by atoms with Crippen molar-refractivity contribution in [3.63, 3.8) is 0 Å². The van der Waals surface area contributed by atoms with Crippen LogP contribution in [0.3, 0.4) is 0 Å². The van der Waals surface area contributed by atoms with E-state index in [9.17, 15) is 5.11 Å². The maximum Gasteiger partial charge on any atom is 0.137 e. The SMILES string of the molecule is Cc1cc(OC[C@@H](O)C[NH+]2CC[NH+](C)CC2)ccc1C(C)C. The van der Waals surface area contributed by atoms with Gasteiger partial charge in [-0.3, -0.25) is 0 Å². The molecule has 0 saturated carbocycles. The molecular formula is C18H32N2O2+2. The molecule has 1 fully saturated rings. The highest BCUT2D eigenvalue weighted by Gasteiger charge is 2.22. The van der Waals surface area contributed by atoms with E-state index in [1.54, 1.807) is 4.90 Å². The molecule has 3 N–H and O–H groups in total. The fraction of sp³-hybridized carbons (Fsp3) is 0.667. The number of ether oxygens (including phenoxy) is 1. The van der Waals surface area contributed by atoms with Crippen LogP contribution in [0.4, 0.5) is 0 Å². The molecule has 1 heterocycles. The number of nitrogens with one attached hydrogen (secondary N) is 2. The Bertz CT molecular complexity index is 468. The van der Waals surface area contributed by atoms with Gasteiger partial charge in [-0.2, -0.15) is 0 Å². The second-order valence-electron chi connectivity index (χ2n) is 7.05. The summed E-state index contributed by atoms with van der Waals surface area (Å²) in [5.74, 6) is 1.39. The number of hydrogen-bond acceptors (Lipinski definition) is 2. The Morgan fingerprint density at radius 1 is 1.18 bits per heavy atom. The van der Waals surface area contributed by atoms with Crippen molar-refractivity contribution in [2.24, 2.45) is 0 Å². The van der Waals surface area contributed by atoms with E-state index in [1.165, 1.54) is 29.1 Å². The molecule has 1 aliphatic heterocycles. The van der Waals surface area contributed by atoms with Crippen molar-refractivity contribution in [1.82, 2.24) is 0 Å². The van der Waals surface area contributed by atoms with E-state index in [4.69, 9.17) is 4.74 Å². The highest BCUT2D eigenvalue weighted by molar-refractivity contribution is 5.36. The molecule has 0 amide bonds. The van der Waals surface area contributed by atoms with Crippen molar-refractivity contribution in [1.29, 1.82) is 0 Å². The quantitative estimate of drug-likeness (QED) is 0.648. The Balaban J connectivity index is 1.78. The molecule has 124 valence electrons. The zero-order valence-electron chi connectivity index (χ0n) is 14.5. The van der Waals surface area contributed by atoms with Gasteiger partial charge in [0, 0.05) is 0 Å². The third kappa shape index (κ3) is 4.97. The molecule has 0 unspecified atom stereocenters. The van der Waals surface area contributed by atoms with E-state index in [0.717, 1.165) is 25.4 Å². The molecule has 0 bridgehead atoms. The molecule has 2 rings (SSSR count). The first kappa shape index (κ1) is 17.3. The summed E-state index contributed by atoms with van der Waals surface area (Å²) in [6, 6.07) is 6.23. The van der Waals surface area contributed by atoms with Gasteiger partial charge in [0.2, 0.25) is 0 Å². The minimum absolute atomic E-state index is 0.382. The minimum atomic E-state index is -0.390. The topological polar surface area (TPSA) is 38.3 Å².